The van der Waals surface area contributed by atoms with Crippen molar-refractivity contribution in [3.05, 3.63) is 60.3 Å². The van der Waals surface area contributed by atoms with Crippen molar-refractivity contribution in [3.63, 3.8) is 0 Å². The maximum absolute atomic E-state index is 12.7. The van der Waals surface area contributed by atoms with Gasteiger partial charge in [-0.15, -0.1) is 0 Å². The summed E-state index contributed by atoms with van der Waals surface area (Å²) in [5.41, 5.74) is 13.6. The molecule has 0 aliphatic heterocycles. The van der Waals surface area contributed by atoms with Gasteiger partial charge in [0.1, 0.15) is 5.82 Å². The van der Waals surface area contributed by atoms with E-state index in [1.54, 1.807) is 29.0 Å². The molecule has 0 spiro atoms. The summed E-state index contributed by atoms with van der Waals surface area (Å²) < 4.78 is 1.60. The number of hydrogen-bond acceptors (Lipinski definition) is 5. The molecule has 2 aromatic carbocycles. The van der Waals surface area contributed by atoms with Gasteiger partial charge in [-0.05, 0) is 30.3 Å². The number of nitrogen functional groups attached to an aromatic ring is 2. The van der Waals surface area contributed by atoms with Crippen molar-refractivity contribution in [1.29, 1.82) is 0 Å². The van der Waals surface area contributed by atoms with Gasteiger partial charge in [0, 0.05) is 22.5 Å². The van der Waals surface area contributed by atoms with Crippen LogP contribution in [0.4, 0.5) is 11.8 Å². The molecule has 0 saturated carbocycles. The Labute approximate surface area is 131 Å². The molecule has 23 heavy (non-hydrogen) atoms. The van der Waals surface area contributed by atoms with Gasteiger partial charge in [-0.1, -0.05) is 18.2 Å². The first-order valence-electron chi connectivity index (χ1n) is 7.07. The molecule has 0 aliphatic rings. The average Bonchev–Trinajstić information content (AvgIpc) is 2.99. The summed E-state index contributed by atoms with van der Waals surface area (Å²) in [6, 6.07) is 14.6. The Kier molecular flexibility index (Phi) is 2.77. The Morgan fingerprint density at radius 2 is 1.70 bits per heavy atom. The molecular weight excluding hydrogens is 290 g/mol. The van der Waals surface area contributed by atoms with E-state index in [1.165, 1.54) is 0 Å². The molecule has 0 amide bonds. The van der Waals surface area contributed by atoms with E-state index >= 15 is 0 Å². The third-order valence-corrected chi connectivity index (χ3v) is 3.82. The minimum atomic E-state index is -0.102. The number of aromatic nitrogens is 3. The number of anilines is 2. The van der Waals surface area contributed by atoms with Crippen molar-refractivity contribution in [3.8, 4) is 0 Å². The lowest BCUT2D eigenvalue weighted by atomic mass is 10.1. The molecule has 0 bridgehead atoms. The van der Waals surface area contributed by atoms with Crippen LogP contribution >= 0.6 is 0 Å². The van der Waals surface area contributed by atoms with Gasteiger partial charge in [-0.2, -0.15) is 4.98 Å². The SMILES string of the molecule is Nc1nc(N)c2ccc3c(ccn3C(=O)c3ccccc3)c2n1. The molecule has 0 fully saturated rings. The second-order valence-corrected chi connectivity index (χ2v) is 5.22. The highest BCUT2D eigenvalue weighted by Gasteiger charge is 2.14. The van der Waals surface area contributed by atoms with Crippen molar-refractivity contribution < 1.29 is 4.79 Å². The van der Waals surface area contributed by atoms with E-state index in [1.807, 2.05) is 30.3 Å². The Morgan fingerprint density at radius 1 is 0.913 bits per heavy atom. The first-order valence-corrected chi connectivity index (χ1v) is 7.07. The van der Waals surface area contributed by atoms with Crippen molar-refractivity contribution in [2.75, 3.05) is 11.5 Å². The lowest BCUT2D eigenvalue weighted by Crippen LogP contribution is -2.10. The summed E-state index contributed by atoms with van der Waals surface area (Å²) >= 11 is 0. The maximum atomic E-state index is 12.7. The van der Waals surface area contributed by atoms with E-state index in [9.17, 15) is 4.79 Å². The third kappa shape index (κ3) is 2.00. The van der Waals surface area contributed by atoms with Gasteiger partial charge in [-0.25, -0.2) is 4.98 Å². The Hall–Kier alpha value is -3.41. The van der Waals surface area contributed by atoms with Crippen LogP contribution in [0, 0.1) is 0 Å². The van der Waals surface area contributed by atoms with Crippen LogP contribution < -0.4 is 11.5 Å². The molecule has 112 valence electrons. The number of nitrogens with zero attached hydrogens (tertiary/aromatic N) is 3. The smallest absolute Gasteiger partial charge is 0.262 e. The van der Waals surface area contributed by atoms with E-state index in [4.69, 9.17) is 11.5 Å². The molecule has 2 aromatic heterocycles. The number of rotatable bonds is 1. The van der Waals surface area contributed by atoms with Crippen LogP contribution in [0.15, 0.2) is 54.7 Å². The standard InChI is InChI=1S/C17H13N5O/c18-15-12-6-7-13-11(14(12)20-17(19)21-15)8-9-22(13)16(23)10-4-2-1-3-5-10/h1-9H,(H4,18,19,20,21). The van der Waals surface area contributed by atoms with Crippen LogP contribution in [0.3, 0.4) is 0 Å². The molecule has 0 atom stereocenters. The molecule has 0 unspecified atom stereocenters. The van der Waals surface area contributed by atoms with Crippen molar-refractivity contribution in [2.24, 2.45) is 0 Å². The number of nitrogens with two attached hydrogens (primary N) is 2. The molecule has 0 radical (unpaired) electrons. The molecule has 0 aliphatic carbocycles. The predicted molar refractivity (Wildman–Crippen MR) is 90.0 cm³/mol. The van der Waals surface area contributed by atoms with Crippen molar-refractivity contribution in [2.45, 2.75) is 0 Å². The fourth-order valence-corrected chi connectivity index (χ4v) is 2.75. The topological polar surface area (TPSA) is 99.8 Å². The Morgan fingerprint density at radius 3 is 2.48 bits per heavy atom. The molecule has 4 N–H and O–H groups in total. The molecule has 4 aromatic rings. The van der Waals surface area contributed by atoms with E-state index < -0.39 is 0 Å². The fraction of sp³-hybridized carbons (Fsp3) is 0. The predicted octanol–water partition coefficient (Wildman–Crippen LogP) is 2.44. The normalized spacial score (nSPS) is 11.1. The molecule has 4 rings (SSSR count). The maximum Gasteiger partial charge on any atom is 0.262 e. The quantitative estimate of drug-likeness (QED) is 0.562. The van der Waals surface area contributed by atoms with Crippen LogP contribution in [-0.4, -0.2) is 20.4 Å². The van der Waals surface area contributed by atoms with E-state index in [0.717, 1.165) is 16.3 Å². The van der Waals surface area contributed by atoms with Gasteiger partial charge in [0.2, 0.25) is 5.95 Å². The first kappa shape index (κ1) is 13.3. The zero-order chi connectivity index (χ0) is 16.0. The van der Waals surface area contributed by atoms with Gasteiger partial charge < -0.3 is 11.5 Å². The zero-order valence-electron chi connectivity index (χ0n) is 12.1. The molecule has 2 heterocycles. The Bertz CT molecular complexity index is 1050. The van der Waals surface area contributed by atoms with Gasteiger partial charge in [0.15, 0.2) is 0 Å². The average molecular weight is 303 g/mol. The molecule has 0 saturated heterocycles. The van der Waals surface area contributed by atoms with Crippen molar-refractivity contribution in [1.82, 2.24) is 14.5 Å². The van der Waals surface area contributed by atoms with E-state index in [0.29, 0.717) is 16.9 Å². The molecule has 6 heteroatoms. The molecule has 6 nitrogen and oxygen atoms in total. The van der Waals surface area contributed by atoms with Crippen LogP contribution in [0.2, 0.25) is 0 Å². The third-order valence-electron chi connectivity index (χ3n) is 3.82. The second kappa shape index (κ2) is 4.81. The van der Waals surface area contributed by atoms with Crippen LogP contribution in [0.5, 0.6) is 0 Å². The lowest BCUT2D eigenvalue weighted by Gasteiger charge is -2.06. The number of fused-ring (bicyclic) bond motifs is 3. The Balaban J connectivity index is 1.97. The van der Waals surface area contributed by atoms with E-state index in [-0.39, 0.29) is 11.9 Å². The minimum absolute atomic E-state index is 0.102. The summed E-state index contributed by atoms with van der Waals surface area (Å²) in [7, 11) is 0. The van der Waals surface area contributed by atoms with Crippen LogP contribution in [-0.2, 0) is 0 Å². The van der Waals surface area contributed by atoms with Crippen LogP contribution in [0.25, 0.3) is 21.8 Å². The lowest BCUT2D eigenvalue weighted by molar-refractivity contribution is 0.0965. The minimum Gasteiger partial charge on any atom is -0.383 e. The summed E-state index contributed by atoms with van der Waals surface area (Å²) in [6.07, 6.45) is 1.73. The largest absolute Gasteiger partial charge is 0.383 e. The summed E-state index contributed by atoms with van der Waals surface area (Å²) in [5.74, 6) is 0.344. The van der Waals surface area contributed by atoms with Crippen LogP contribution in [0.1, 0.15) is 10.4 Å². The summed E-state index contributed by atoms with van der Waals surface area (Å²) in [6.45, 7) is 0. The fourth-order valence-electron chi connectivity index (χ4n) is 2.75. The zero-order valence-corrected chi connectivity index (χ0v) is 12.1. The highest BCUT2D eigenvalue weighted by molar-refractivity contribution is 6.11. The van der Waals surface area contributed by atoms with Gasteiger partial charge in [0.25, 0.3) is 5.91 Å². The summed E-state index contributed by atoms with van der Waals surface area (Å²) in [5, 5.41) is 1.53. The number of carbonyl (C=O) groups is 1. The van der Waals surface area contributed by atoms with Gasteiger partial charge in [-0.3, -0.25) is 9.36 Å². The summed E-state index contributed by atoms with van der Waals surface area (Å²) in [4.78, 5) is 20.9. The van der Waals surface area contributed by atoms with Gasteiger partial charge >= 0.3 is 0 Å². The van der Waals surface area contributed by atoms with Gasteiger partial charge in [0.05, 0.1) is 11.0 Å². The van der Waals surface area contributed by atoms with E-state index in [2.05, 4.69) is 9.97 Å². The molecular formula is C17H13N5O. The highest BCUT2D eigenvalue weighted by atomic mass is 16.2. The number of hydrogen-bond donors (Lipinski definition) is 2. The monoisotopic (exact) mass is 303 g/mol. The highest BCUT2D eigenvalue weighted by Crippen LogP contribution is 2.28. The number of benzene rings is 2. The first-order chi connectivity index (χ1) is 11.1. The number of carbonyl (C=O) groups excluding carboxylic acids is 1. The van der Waals surface area contributed by atoms with Crippen molar-refractivity contribution >= 4 is 39.5 Å². The second-order valence-electron chi connectivity index (χ2n) is 5.22.